The molecule has 1 fully saturated rings. The third kappa shape index (κ3) is 6.57. The molecular formula is C19H30FN3O. The Bertz CT molecular complexity index is 500. The molecule has 0 aliphatic carbocycles. The smallest absolute Gasteiger partial charge is 0.220 e. The summed E-state index contributed by atoms with van der Waals surface area (Å²) in [6.07, 6.45) is 3.04. The van der Waals surface area contributed by atoms with Crippen LogP contribution in [0.25, 0.3) is 0 Å². The summed E-state index contributed by atoms with van der Waals surface area (Å²) in [6, 6.07) is 6.55. The van der Waals surface area contributed by atoms with E-state index in [0.29, 0.717) is 24.8 Å². The zero-order valence-electron chi connectivity index (χ0n) is 14.9. The number of hydrogen-bond donors (Lipinski definition) is 2. The Morgan fingerprint density at radius 1 is 1.42 bits per heavy atom. The third-order valence-electron chi connectivity index (χ3n) is 4.83. The Morgan fingerprint density at radius 2 is 2.17 bits per heavy atom. The van der Waals surface area contributed by atoms with E-state index >= 15 is 0 Å². The fraction of sp³-hybridized carbons (Fsp3) is 0.632. The molecule has 2 rings (SSSR count). The number of hydrogen-bond acceptors (Lipinski definition) is 3. The van der Waals surface area contributed by atoms with Crippen molar-refractivity contribution >= 4 is 5.91 Å². The molecule has 134 valence electrons. The van der Waals surface area contributed by atoms with Crippen LogP contribution in [0.1, 0.15) is 31.7 Å². The van der Waals surface area contributed by atoms with Crippen LogP contribution in [0.4, 0.5) is 4.39 Å². The van der Waals surface area contributed by atoms with Gasteiger partial charge in [-0.1, -0.05) is 19.1 Å². The summed E-state index contributed by atoms with van der Waals surface area (Å²) < 4.78 is 12.9. The molecule has 24 heavy (non-hydrogen) atoms. The van der Waals surface area contributed by atoms with Gasteiger partial charge in [0.25, 0.3) is 0 Å². The number of benzene rings is 1. The van der Waals surface area contributed by atoms with E-state index in [-0.39, 0.29) is 11.7 Å². The summed E-state index contributed by atoms with van der Waals surface area (Å²) in [7, 11) is 2.01. The number of carbonyl (C=O) groups excluding carboxylic acids is 1. The van der Waals surface area contributed by atoms with Crippen molar-refractivity contribution in [3.8, 4) is 0 Å². The van der Waals surface area contributed by atoms with Gasteiger partial charge in [-0.3, -0.25) is 4.79 Å². The summed E-state index contributed by atoms with van der Waals surface area (Å²) in [5.41, 5.74) is 1.07. The molecule has 2 unspecified atom stereocenters. The minimum atomic E-state index is -0.212. The fourth-order valence-electron chi connectivity index (χ4n) is 3.26. The van der Waals surface area contributed by atoms with Crippen LogP contribution >= 0.6 is 0 Å². The molecule has 0 spiro atoms. The molecule has 1 amide bonds. The number of nitrogens with one attached hydrogen (secondary N) is 2. The van der Waals surface area contributed by atoms with Gasteiger partial charge in [0.1, 0.15) is 5.82 Å². The SMILES string of the molecule is CC(CC(=O)NCCN(C)Cc1ccc(F)cc1)C1CCCNC1. The second-order valence-electron chi connectivity index (χ2n) is 7.00. The van der Waals surface area contributed by atoms with Crippen LogP contribution in [-0.2, 0) is 11.3 Å². The van der Waals surface area contributed by atoms with Gasteiger partial charge in [0, 0.05) is 26.1 Å². The first-order valence-corrected chi connectivity index (χ1v) is 8.95. The lowest BCUT2D eigenvalue weighted by molar-refractivity contribution is -0.122. The second kappa shape index (κ2) is 9.74. The van der Waals surface area contributed by atoms with Crippen molar-refractivity contribution in [2.75, 3.05) is 33.2 Å². The van der Waals surface area contributed by atoms with Gasteiger partial charge in [0.2, 0.25) is 5.91 Å². The summed E-state index contributed by atoms with van der Waals surface area (Å²) in [4.78, 5) is 14.2. The molecule has 1 aliphatic rings. The first kappa shape index (κ1) is 18.9. The Balaban J connectivity index is 1.61. The maximum Gasteiger partial charge on any atom is 0.220 e. The van der Waals surface area contributed by atoms with E-state index < -0.39 is 0 Å². The molecule has 4 nitrogen and oxygen atoms in total. The highest BCUT2D eigenvalue weighted by Gasteiger charge is 2.21. The molecular weight excluding hydrogens is 305 g/mol. The van der Waals surface area contributed by atoms with Gasteiger partial charge < -0.3 is 15.5 Å². The van der Waals surface area contributed by atoms with E-state index in [0.717, 1.165) is 31.7 Å². The standard InChI is InChI=1S/C19H30FN3O/c1-15(17-4-3-9-21-13-17)12-19(24)22-10-11-23(2)14-16-5-7-18(20)8-6-16/h5-8,15,17,21H,3-4,9-14H2,1-2H3,(H,22,24). The highest BCUT2D eigenvalue weighted by molar-refractivity contribution is 5.76. The van der Waals surface area contributed by atoms with Gasteiger partial charge >= 0.3 is 0 Å². The van der Waals surface area contributed by atoms with Crippen LogP contribution in [0.5, 0.6) is 0 Å². The molecule has 5 heteroatoms. The van der Waals surface area contributed by atoms with Gasteiger partial charge in [-0.25, -0.2) is 4.39 Å². The zero-order chi connectivity index (χ0) is 17.4. The van der Waals surface area contributed by atoms with Gasteiger partial charge in [0.15, 0.2) is 0 Å². The number of rotatable bonds is 8. The van der Waals surface area contributed by atoms with Gasteiger partial charge in [0.05, 0.1) is 0 Å². The van der Waals surface area contributed by atoms with E-state index in [9.17, 15) is 9.18 Å². The normalized spacial score (nSPS) is 19.2. The topological polar surface area (TPSA) is 44.4 Å². The van der Waals surface area contributed by atoms with Crippen LogP contribution in [0, 0.1) is 17.7 Å². The van der Waals surface area contributed by atoms with Crippen LogP contribution in [-0.4, -0.2) is 44.0 Å². The highest BCUT2D eigenvalue weighted by atomic mass is 19.1. The summed E-state index contributed by atoms with van der Waals surface area (Å²) in [6.45, 7) is 6.50. The molecule has 0 saturated carbocycles. The molecule has 0 bridgehead atoms. The molecule has 0 radical (unpaired) electrons. The van der Waals surface area contributed by atoms with E-state index in [4.69, 9.17) is 0 Å². The van der Waals surface area contributed by atoms with Crippen molar-refractivity contribution in [2.45, 2.75) is 32.7 Å². The number of amides is 1. The summed E-state index contributed by atoms with van der Waals surface area (Å²) in [5, 5.41) is 6.43. The predicted octanol–water partition coefficient (Wildman–Crippen LogP) is 2.40. The number of carbonyl (C=O) groups is 1. The fourth-order valence-corrected chi connectivity index (χ4v) is 3.26. The Kier molecular flexibility index (Phi) is 7.66. The Labute approximate surface area is 144 Å². The van der Waals surface area contributed by atoms with E-state index in [2.05, 4.69) is 22.5 Å². The van der Waals surface area contributed by atoms with E-state index in [1.807, 2.05) is 7.05 Å². The molecule has 1 saturated heterocycles. The third-order valence-corrected chi connectivity index (χ3v) is 4.83. The molecule has 1 aromatic rings. The Hall–Kier alpha value is -1.46. The predicted molar refractivity (Wildman–Crippen MR) is 95.1 cm³/mol. The largest absolute Gasteiger partial charge is 0.355 e. The lowest BCUT2D eigenvalue weighted by Crippen LogP contribution is -2.37. The van der Waals surface area contributed by atoms with Gasteiger partial charge in [-0.15, -0.1) is 0 Å². The average Bonchev–Trinajstić information content (AvgIpc) is 2.57. The van der Waals surface area contributed by atoms with Crippen molar-refractivity contribution in [3.63, 3.8) is 0 Å². The molecule has 1 heterocycles. The Morgan fingerprint density at radius 3 is 2.83 bits per heavy atom. The lowest BCUT2D eigenvalue weighted by Gasteiger charge is -2.28. The zero-order valence-corrected chi connectivity index (χ0v) is 14.9. The molecule has 2 N–H and O–H groups in total. The van der Waals surface area contributed by atoms with Crippen LogP contribution in [0.3, 0.4) is 0 Å². The minimum Gasteiger partial charge on any atom is -0.355 e. The van der Waals surface area contributed by atoms with Crippen molar-refractivity contribution in [1.82, 2.24) is 15.5 Å². The summed E-state index contributed by atoms with van der Waals surface area (Å²) >= 11 is 0. The first-order chi connectivity index (χ1) is 11.5. The number of halogens is 1. The maximum atomic E-state index is 12.9. The second-order valence-corrected chi connectivity index (χ2v) is 7.00. The minimum absolute atomic E-state index is 0.142. The van der Waals surface area contributed by atoms with Crippen LogP contribution in [0.15, 0.2) is 24.3 Å². The quantitative estimate of drug-likeness (QED) is 0.767. The van der Waals surface area contributed by atoms with Gasteiger partial charge in [-0.05, 0) is 62.5 Å². The van der Waals surface area contributed by atoms with E-state index in [1.54, 1.807) is 12.1 Å². The number of piperidine rings is 1. The highest BCUT2D eigenvalue weighted by Crippen LogP contribution is 2.22. The van der Waals surface area contributed by atoms with Crippen molar-refractivity contribution in [3.05, 3.63) is 35.6 Å². The van der Waals surface area contributed by atoms with Gasteiger partial charge in [-0.2, -0.15) is 0 Å². The monoisotopic (exact) mass is 335 g/mol. The maximum absolute atomic E-state index is 12.9. The molecule has 1 aliphatic heterocycles. The summed E-state index contributed by atoms with van der Waals surface area (Å²) in [5.74, 6) is 0.972. The van der Waals surface area contributed by atoms with Crippen molar-refractivity contribution in [1.29, 1.82) is 0 Å². The van der Waals surface area contributed by atoms with Crippen molar-refractivity contribution < 1.29 is 9.18 Å². The number of nitrogens with zero attached hydrogens (tertiary/aromatic N) is 1. The number of likely N-dealkylation sites (N-methyl/N-ethyl adjacent to an activating group) is 1. The van der Waals surface area contributed by atoms with Crippen LogP contribution < -0.4 is 10.6 Å². The van der Waals surface area contributed by atoms with Crippen LogP contribution in [0.2, 0.25) is 0 Å². The first-order valence-electron chi connectivity index (χ1n) is 8.95. The average molecular weight is 335 g/mol. The lowest BCUT2D eigenvalue weighted by atomic mass is 9.85. The molecule has 2 atom stereocenters. The van der Waals surface area contributed by atoms with Crippen molar-refractivity contribution in [2.24, 2.45) is 11.8 Å². The molecule has 1 aromatic carbocycles. The van der Waals surface area contributed by atoms with E-state index in [1.165, 1.54) is 25.0 Å². The molecule has 0 aromatic heterocycles.